The van der Waals surface area contributed by atoms with Crippen LogP contribution in [0.1, 0.15) is 33.6 Å². The zero-order chi connectivity index (χ0) is 18.1. The number of aryl methyl sites for hydroxylation is 1. The van der Waals surface area contributed by atoms with Crippen LogP contribution < -0.4 is 4.74 Å². The molecule has 1 aromatic carbocycles. The van der Waals surface area contributed by atoms with Crippen molar-refractivity contribution in [3.63, 3.8) is 0 Å². The minimum Gasteiger partial charge on any atom is -0.497 e. The second kappa shape index (κ2) is 6.63. The summed E-state index contributed by atoms with van der Waals surface area (Å²) < 4.78 is 7.46. The number of benzene rings is 1. The first-order valence-corrected chi connectivity index (χ1v) is 8.54. The number of hydrogen-bond acceptors (Lipinski definition) is 4. The molecular formula is C20H20N4O2. The maximum absolute atomic E-state index is 13.2. The SMILES string of the molecule is COc1cccc([C@@H]2Cn3ccnc3CN2C(=O)c2cccc(C)n2)c1. The van der Waals surface area contributed by atoms with E-state index in [1.54, 1.807) is 19.4 Å². The monoisotopic (exact) mass is 348 g/mol. The molecule has 0 bridgehead atoms. The number of fused-ring (bicyclic) bond motifs is 1. The Morgan fingerprint density at radius 1 is 1.23 bits per heavy atom. The summed E-state index contributed by atoms with van der Waals surface area (Å²) in [5.41, 5.74) is 2.31. The van der Waals surface area contributed by atoms with Gasteiger partial charge in [-0.15, -0.1) is 0 Å². The number of ether oxygens (including phenoxy) is 1. The van der Waals surface area contributed by atoms with Crippen molar-refractivity contribution in [2.75, 3.05) is 7.11 Å². The number of pyridine rings is 1. The van der Waals surface area contributed by atoms with Crippen molar-refractivity contribution >= 4 is 5.91 Å². The van der Waals surface area contributed by atoms with E-state index in [2.05, 4.69) is 14.5 Å². The van der Waals surface area contributed by atoms with Gasteiger partial charge in [-0.25, -0.2) is 9.97 Å². The van der Waals surface area contributed by atoms with E-state index < -0.39 is 0 Å². The van der Waals surface area contributed by atoms with E-state index in [9.17, 15) is 4.79 Å². The maximum atomic E-state index is 13.2. The normalized spacial score (nSPS) is 16.2. The topological polar surface area (TPSA) is 60.2 Å². The van der Waals surface area contributed by atoms with E-state index in [0.717, 1.165) is 22.8 Å². The van der Waals surface area contributed by atoms with Crippen LogP contribution in [0.2, 0.25) is 0 Å². The van der Waals surface area contributed by atoms with E-state index in [1.165, 1.54) is 0 Å². The summed E-state index contributed by atoms with van der Waals surface area (Å²) in [5.74, 6) is 1.57. The molecule has 0 saturated heterocycles. The van der Waals surface area contributed by atoms with Gasteiger partial charge in [-0.2, -0.15) is 0 Å². The smallest absolute Gasteiger partial charge is 0.273 e. The molecule has 26 heavy (non-hydrogen) atoms. The average molecular weight is 348 g/mol. The van der Waals surface area contributed by atoms with Crippen LogP contribution >= 0.6 is 0 Å². The number of amides is 1. The quantitative estimate of drug-likeness (QED) is 0.730. The highest BCUT2D eigenvalue weighted by Crippen LogP contribution is 2.32. The van der Waals surface area contributed by atoms with Crippen molar-refractivity contribution in [2.24, 2.45) is 0 Å². The third-order valence-corrected chi connectivity index (χ3v) is 4.71. The predicted octanol–water partition coefficient (Wildman–Crippen LogP) is 2.99. The Morgan fingerprint density at radius 3 is 2.88 bits per heavy atom. The van der Waals surface area contributed by atoms with Gasteiger partial charge in [0.25, 0.3) is 5.91 Å². The second-order valence-corrected chi connectivity index (χ2v) is 6.39. The van der Waals surface area contributed by atoms with Gasteiger partial charge in [0.15, 0.2) is 0 Å². The number of nitrogens with zero attached hydrogens (tertiary/aromatic N) is 4. The van der Waals surface area contributed by atoms with Crippen LogP contribution in [0.15, 0.2) is 54.9 Å². The number of hydrogen-bond donors (Lipinski definition) is 0. The third-order valence-electron chi connectivity index (χ3n) is 4.71. The molecule has 6 nitrogen and oxygen atoms in total. The summed E-state index contributed by atoms with van der Waals surface area (Å²) in [7, 11) is 1.65. The lowest BCUT2D eigenvalue weighted by Crippen LogP contribution is -2.41. The van der Waals surface area contributed by atoms with Gasteiger partial charge in [-0.05, 0) is 36.8 Å². The standard InChI is InChI=1S/C20H20N4O2/c1-14-5-3-8-17(22-14)20(25)24-13-19-21-9-10-23(19)12-18(24)15-6-4-7-16(11-15)26-2/h3-11,18H,12-13H2,1-2H3/t18-/m0/s1. The highest BCUT2D eigenvalue weighted by molar-refractivity contribution is 5.92. The van der Waals surface area contributed by atoms with Gasteiger partial charge in [0.2, 0.25) is 0 Å². The number of rotatable bonds is 3. The first-order chi connectivity index (χ1) is 12.7. The molecule has 3 heterocycles. The van der Waals surface area contributed by atoms with Crippen molar-refractivity contribution in [3.8, 4) is 5.75 Å². The minimum atomic E-state index is -0.110. The number of carbonyl (C=O) groups excluding carboxylic acids is 1. The molecule has 0 radical (unpaired) electrons. The molecule has 0 unspecified atom stereocenters. The number of carbonyl (C=O) groups is 1. The molecule has 1 aliphatic rings. The van der Waals surface area contributed by atoms with Crippen LogP contribution in [0, 0.1) is 6.92 Å². The molecular weight excluding hydrogens is 328 g/mol. The van der Waals surface area contributed by atoms with E-state index in [-0.39, 0.29) is 11.9 Å². The molecule has 0 aliphatic carbocycles. The largest absolute Gasteiger partial charge is 0.497 e. The molecule has 0 N–H and O–H groups in total. The maximum Gasteiger partial charge on any atom is 0.273 e. The van der Waals surface area contributed by atoms with Crippen molar-refractivity contribution in [1.29, 1.82) is 0 Å². The Labute approximate surface area is 152 Å². The second-order valence-electron chi connectivity index (χ2n) is 6.39. The summed E-state index contributed by atoms with van der Waals surface area (Å²) in [6, 6.07) is 13.3. The Kier molecular flexibility index (Phi) is 4.16. The molecule has 0 saturated carbocycles. The fraction of sp³-hybridized carbons (Fsp3) is 0.250. The summed E-state index contributed by atoms with van der Waals surface area (Å²) >= 11 is 0. The van der Waals surface area contributed by atoms with Crippen molar-refractivity contribution in [3.05, 3.63) is 77.6 Å². The Hall–Kier alpha value is -3.15. The third kappa shape index (κ3) is 2.94. The first kappa shape index (κ1) is 16.3. The highest BCUT2D eigenvalue weighted by atomic mass is 16.5. The van der Waals surface area contributed by atoms with Crippen LogP contribution in [-0.4, -0.2) is 32.5 Å². The van der Waals surface area contributed by atoms with Crippen molar-refractivity contribution in [2.45, 2.75) is 26.1 Å². The van der Waals surface area contributed by atoms with Crippen LogP contribution in [0.5, 0.6) is 5.75 Å². The van der Waals surface area contributed by atoms with Gasteiger partial charge in [0.1, 0.15) is 17.3 Å². The van der Waals surface area contributed by atoms with Crippen molar-refractivity contribution in [1.82, 2.24) is 19.4 Å². The molecule has 6 heteroatoms. The number of imidazole rings is 1. The summed E-state index contributed by atoms with van der Waals surface area (Å²) in [5, 5.41) is 0. The minimum absolute atomic E-state index is 0.0873. The van der Waals surface area contributed by atoms with Gasteiger partial charge in [-0.1, -0.05) is 18.2 Å². The number of methoxy groups -OCH3 is 1. The first-order valence-electron chi connectivity index (χ1n) is 8.54. The molecule has 2 aromatic heterocycles. The number of aromatic nitrogens is 3. The van der Waals surface area contributed by atoms with E-state index in [0.29, 0.717) is 18.8 Å². The van der Waals surface area contributed by atoms with Gasteiger partial charge in [0.05, 0.1) is 19.7 Å². The summed E-state index contributed by atoms with van der Waals surface area (Å²) in [6.45, 7) is 2.99. The van der Waals surface area contributed by atoms with Gasteiger partial charge >= 0.3 is 0 Å². The molecule has 1 atom stereocenters. The fourth-order valence-corrected chi connectivity index (χ4v) is 3.36. The van der Waals surface area contributed by atoms with Crippen LogP contribution in [-0.2, 0) is 13.1 Å². The van der Waals surface area contributed by atoms with Gasteiger partial charge < -0.3 is 14.2 Å². The lowest BCUT2D eigenvalue weighted by molar-refractivity contribution is 0.0577. The zero-order valence-corrected chi connectivity index (χ0v) is 14.8. The lowest BCUT2D eigenvalue weighted by Gasteiger charge is -2.36. The summed E-state index contributed by atoms with van der Waals surface area (Å²) in [6.07, 6.45) is 3.73. The van der Waals surface area contributed by atoms with E-state index in [1.807, 2.05) is 54.4 Å². The molecule has 1 aliphatic heterocycles. The predicted molar refractivity (Wildman–Crippen MR) is 96.8 cm³/mol. The van der Waals surface area contributed by atoms with E-state index >= 15 is 0 Å². The molecule has 1 amide bonds. The zero-order valence-electron chi connectivity index (χ0n) is 14.8. The molecule has 0 fully saturated rings. The molecule has 132 valence electrons. The Balaban J connectivity index is 1.75. The van der Waals surface area contributed by atoms with E-state index in [4.69, 9.17) is 4.74 Å². The molecule has 4 rings (SSSR count). The van der Waals surface area contributed by atoms with Crippen molar-refractivity contribution < 1.29 is 9.53 Å². The van der Waals surface area contributed by atoms with Crippen LogP contribution in [0.3, 0.4) is 0 Å². The van der Waals surface area contributed by atoms with Crippen LogP contribution in [0.4, 0.5) is 0 Å². The summed E-state index contributed by atoms with van der Waals surface area (Å²) in [4.78, 5) is 23.9. The van der Waals surface area contributed by atoms with Gasteiger partial charge in [-0.3, -0.25) is 4.79 Å². The average Bonchev–Trinajstić information content (AvgIpc) is 3.14. The molecule has 0 spiro atoms. The highest BCUT2D eigenvalue weighted by Gasteiger charge is 2.32. The van der Waals surface area contributed by atoms with Crippen LogP contribution in [0.25, 0.3) is 0 Å². The lowest BCUT2D eigenvalue weighted by atomic mass is 10.0. The Morgan fingerprint density at radius 2 is 2.08 bits per heavy atom. The molecule has 3 aromatic rings. The van der Waals surface area contributed by atoms with Gasteiger partial charge in [0, 0.05) is 24.6 Å². The fourth-order valence-electron chi connectivity index (χ4n) is 3.36. The Bertz CT molecular complexity index is 950.